The average Bonchev–Trinajstić information content (AvgIpc) is 2.27. The Morgan fingerprint density at radius 1 is 1.44 bits per heavy atom. The molecule has 1 atom stereocenters. The highest BCUT2D eigenvalue weighted by Gasteiger charge is 2.27. The van der Waals surface area contributed by atoms with Gasteiger partial charge in [-0.1, -0.05) is 6.42 Å². The summed E-state index contributed by atoms with van der Waals surface area (Å²) in [6.45, 7) is 0.186. The normalized spacial score (nSPS) is 23.6. The van der Waals surface area contributed by atoms with Crippen molar-refractivity contribution in [2.75, 3.05) is 33.3 Å². The predicted molar refractivity (Wildman–Crippen MR) is 59.8 cm³/mol. The Morgan fingerprint density at radius 3 is 2.81 bits per heavy atom. The Labute approximate surface area is 95.8 Å². The van der Waals surface area contributed by atoms with Crippen LogP contribution in [0.3, 0.4) is 0 Å². The molecule has 1 rings (SSSR count). The second-order valence-electron chi connectivity index (χ2n) is 4.61. The first-order chi connectivity index (χ1) is 7.55. The topological polar surface area (TPSA) is 35.5 Å². The molecule has 0 aliphatic carbocycles. The van der Waals surface area contributed by atoms with Gasteiger partial charge in [0.2, 0.25) is 0 Å². The van der Waals surface area contributed by atoms with Crippen LogP contribution in [0.25, 0.3) is 0 Å². The maximum Gasteiger partial charge on any atom is 0.282 e. The van der Waals surface area contributed by atoms with Crippen molar-refractivity contribution in [3.05, 3.63) is 0 Å². The Kier molecular flexibility index (Phi) is 5.58. The first-order valence-corrected chi connectivity index (χ1v) is 5.95. The van der Waals surface area contributed by atoms with Gasteiger partial charge in [0.1, 0.15) is 6.61 Å². The van der Waals surface area contributed by atoms with Crippen LogP contribution in [0.5, 0.6) is 0 Å². The molecular weight excluding hydrogens is 214 g/mol. The summed E-state index contributed by atoms with van der Waals surface area (Å²) in [7, 11) is 2.09. The number of nitrogens with zero attached hydrogens (tertiary/aromatic N) is 1. The van der Waals surface area contributed by atoms with Gasteiger partial charge in [0.05, 0.1) is 6.54 Å². The molecule has 1 aliphatic rings. The first-order valence-electron chi connectivity index (χ1n) is 5.95. The summed E-state index contributed by atoms with van der Waals surface area (Å²) in [5.74, 6) is -2.99. The van der Waals surface area contributed by atoms with Crippen LogP contribution in [0.4, 0.5) is 8.78 Å². The van der Waals surface area contributed by atoms with Crippen LogP contribution in [0.2, 0.25) is 0 Å². The van der Waals surface area contributed by atoms with Gasteiger partial charge in [0.25, 0.3) is 5.92 Å². The lowest BCUT2D eigenvalue weighted by atomic mass is 10.0. The van der Waals surface area contributed by atoms with E-state index in [0.717, 1.165) is 19.4 Å². The van der Waals surface area contributed by atoms with Crippen LogP contribution in [-0.4, -0.2) is 55.3 Å². The summed E-state index contributed by atoms with van der Waals surface area (Å²) < 4.78 is 25.3. The zero-order valence-corrected chi connectivity index (χ0v) is 9.88. The second kappa shape index (κ2) is 6.47. The SMILES string of the molecule is CN1CCCCC1CCNCC(F)(F)CO. The maximum absolute atomic E-state index is 12.7. The van der Waals surface area contributed by atoms with Crippen molar-refractivity contribution in [1.82, 2.24) is 10.2 Å². The molecule has 0 bridgehead atoms. The third-order valence-electron chi connectivity index (χ3n) is 3.19. The predicted octanol–water partition coefficient (Wildman–Crippen LogP) is 1.08. The molecule has 1 aliphatic heterocycles. The van der Waals surface area contributed by atoms with Gasteiger partial charge in [-0.15, -0.1) is 0 Å². The number of halogens is 2. The van der Waals surface area contributed by atoms with Gasteiger partial charge in [-0.25, -0.2) is 8.78 Å². The van der Waals surface area contributed by atoms with Crippen LogP contribution in [0.15, 0.2) is 0 Å². The van der Waals surface area contributed by atoms with E-state index in [1.165, 1.54) is 12.8 Å². The lowest BCUT2D eigenvalue weighted by Crippen LogP contribution is -2.40. The van der Waals surface area contributed by atoms with Gasteiger partial charge in [-0.2, -0.15) is 0 Å². The van der Waals surface area contributed by atoms with E-state index < -0.39 is 19.1 Å². The smallest absolute Gasteiger partial charge is 0.282 e. The van der Waals surface area contributed by atoms with E-state index in [1.54, 1.807) is 0 Å². The van der Waals surface area contributed by atoms with Crippen molar-refractivity contribution >= 4 is 0 Å². The molecule has 1 fully saturated rings. The monoisotopic (exact) mass is 236 g/mol. The molecule has 0 amide bonds. The van der Waals surface area contributed by atoms with Gasteiger partial charge < -0.3 is 15.3 Å². The van der Waals surface area contributed by atoms with Crippen molar-refractivity contribution in [3.8, 4) is 0 Å². The fraction of sp³-hybridized carbons (Fsp3) is 1.00. The van der Waals surface area contributed by atoms with E-state index in [-0.39, 0.29) is 0 Å². The molecule has 0 radical (unpaired) electrons. The molecule has 1 saturated heterocycles. The third kappa shape index (κ3) is 4.72. The summed E-state index contributed by atoms with van der Waals surface area (Å²) in [5, 5.41) is 11.1. The molecule has 1 heterocycles. The molecule has 0 aromatic carbocycles. The van der Waals surface area contributed by atoms with Gasteiger partial charge in [0, 0.05) is 6.04 Å². The van der Waals surface area contributed by atoms with Gasteiger partial charge >= 0.3 is 0 Å². The number of aliphatic hydroxyl groups is 1. The van der Waals surface area contributed by atoms with Gasteiger partial charge in [0.15, 0.2) is 0 Å². The quantitative estimate of drug-likeness (QED) is 0.677. The number of piperidine rings is 1. The highest BCUT2D eigenvalue weighted by Crippen LogP contribution is 2.17. The van der Waals surface area contributed by atoms with Crippen molar-refractivity contribution in [2.45, 2.75) is 37.6 Å². The van der Waals surface area contributed by atoms with Crippen LogP contribution in [0, 0.1) is 0 Å². The van der Waals surface area contributed by atoms with Gasteiger partial charge in [-0.05, 0) is 39.4 Å². The van der Waals surface area contributed by atoms with Crippen LogP contribution in [-0.2, 0) is 0 Å². The minimum Gasteiger partial charge on any atom is -0.390 e. The lowest BCUT2D eigenvalue weighted by Gasteiger charge is -2.32. The van der Waals surface area contributed by atoms with E-state index in [4.69, 9.17) is 5.11 Å². The number of rotatable bonds is 6. The molecule has 16 heavy (non-hydrogen) atoms. The zero-order chi connectivity index (χ0) is 12.0. The van der Waals surface area contributed by atoms with Crippen molar-refractivity contribution in [1.29, 1.82) is 0 Å². The third-order valence-corrected chi connectivity index (χ3v) is 3.19. The van der Waals surface area contributed by atoms with Crippen molar-refractivity contribution < 1.29 is 13.9 Å². The summed E-state index contributed by atoms with van der Waals surface area (Å²) in [6.07, 6.45) is 4.54. The Morgan fingerprint density at radius 2 is 2.19 bits per heavy atom. The summed E-state index contributed by atoms with van der Waals surface area (Å²) in [5.41, 5.74) is 0. The molecule has 96 valence electrons. The molecular formula is C11H22F2N2O. The first kappa shape index (κ1) is 13.8. The maximum atomic E-state index is 12.7. The molecule has 3 nitrogen and oxygen atoms in total. The van der Waals surface area contributed by atoms with Gasteiger partial charge in [-0.3, -0.25) is 0 Å². The summed E-state index contributed by atoms with van der Waals surface area (Å²) in [6, 6.07) is 0.518. The number of likely N-dealkylation sites (tertiary alicyclic amines) is 1. The zero-order valence-electron chi connectivity index (χ0n) is 9.88. The average molecular weight is 236 g/mol. The van der Waals surface area contributed by atoms with Crippen LogP contribution >= 0.6 is 0 Å². The Bertz CT molecular complexity index is 202. The number of aliphatic hydroxyl groups excluding tert-OH is 1. The van der Waals surface area contributed by atoms with E-state index in [1.807, 2.05) is 0 Å². The molecule has 0 saturated carbocycles. The van der Waals surface area contributed by atoms with E-state index in [0.29, 0.717) is 12.6 Å². The molecule has 1 unspecified atom stereocenters. The number of hydrogen-bond donors (Lipinski definition) is 2. The number of alkyl halides is 2. The molecule has 0 aromatic heterocycles. The van der Waals surface area contributed by atoms with Crippen LogP contribution in [0.1, 0.15) is 25.7 Å². The van der Waals surface area contributed by atoms with E-state index in [9.17, 15) is 8.78 Å². The molecule has 0 aromatic rings. The summed E-state index contributed by atoms with van der Waals surface area (Å²) >= 11 is 0. The number of hydrogen-bond acceptors (Lipinski definition) is 3. The Balaban J connectivity index is 2.10. The fourth-order valence-corrected chi connectivity index (χ4v) is 2.10. The Hall–Kier alpha value is -0.260. The highest BCUT2D eigenvalue weighted by atomic mass is 19.3. The van der Waals surface area contributed by atoms with E-state index in [2.05, 4.69) is 17.3 Å². The number of nitrogens with one attached hydrogen (secondary N) is 1. The molecule has 2 N–H and O–H groups in total. The summed E-state index contributed by atoms with van der Waals surface area (Å²) in [4.78, 5) is 2.30. The van der Waals surface area contributed by atoms with Crippen molar-refractivity contribution in [2.24, 2.45) is 0 Å². The van der Waals surface area contributed by atoms with Crippen molar-refractivity contribution in [3.63, 3.8) is 0 Å². The molecule has 0 spiro atoms. The minimum atomic E-state index is -2.99. The van der Waals surface area contributed by atoms with Crippen LogP contribution < -0.4 is 5.32 Å². The largest absolute Gasteiger partial charge is 0.390 e. The minimum absolute atomic E-state index is 0.431. The molecule has 5 heteroatoms. The highest BCUT2D eigenvalue weighted by molar-refractivity contribution is 4.75. The lowest BCUT2D eigenvalue weighted by molar-refractivity contribution is -0.0476. The standard InChI is InChI=1S/C11H22F2N2O/c1-15-7-3-2-4-10(15)5-6-14-8-11(12,13)9-16/h10,14,16H,2-9H2,1H3. The second-order valence-corrected chi connectivity index (χ2v) is 4.61. The fourth-order valence-electron chi connectivity index (χ4n) is 2.10. The van der Waals surface area contributed by atoms with E-state index >= 15 is 0 Å².